The summed E-state index contributed by atoms with van der Waals surface area (Å²) >= 11 is 0. The minimum absolute atomic E-state index is 0.0875. The van der Waals surface area contributed by atoms with E-state index in [4.69, 9.17) is 15.9 Å². The van der Waals surface area contributed by atoms with Gasteiger partial charge < -0.3 is 15.9 Å². The summed E-state index contributed by atoms with van der Waals surface area (Å²) in [5.41, 5.74) is 13.3. The van der Waals surface area contributed by atoms with E-state index < -0.39 is 0 Å². The quantitative estimate of drug-likeness (QED) is 0.569. The van der Waals surface area contributed by atoms with Crippen LogP contribution < -0.4 is 11.5 Å². The summed E-state index contributed by atoms with van der Waals surface area (Å²) in [6.07, 6.45) is 0. The van der Waals surface area contributed by atoms with E-state index in [1.165, 1.54) is 0 Å². The Bertz CT molecular complexity index is 702. The van der Waals surface area contributed by atoms with Gasteiger partial charge in [0.2, 0.25) is 0 Å². The molecule has 0 aliphatic heterocycles. The molecule has 5 heteroatoms. The number of nitrogens with zero attached hydrogens (tertiary/aromatic N) is 2. The van der Waals surface area contributed by atoms with E-state index in [-0.39, 0.29) is 12.0 Å². The zero-order chi connectivity index (χ0) is 14.7. The minimum Gasteiger partial charge on any atom is -0.421 e. The van der Waals surface area contributed by atoms with Gasteiger partial charge in [0.1, 0.15) is 5.69 Å². The van der Waals surface area contributed by atoms with Gasteiger partial charge in [-0.2, -0.15) is 9.98 Å². The summed E-state index contributed by atoms with van der Waals surface area (Å²) in [6.45, 7) is 0. The standard InChI is InChI=1S/C16H14N4O/c17-15(18)20-16-19-13(11-7-3-1-4-8-11)14(21-16)12-9-5-2-6-10-12/h1-10H,(H4,17,18,19,20). The van der Waals surface area contributed by atoms with E-state index in [0.717, 1.165) is 11.1 Å². The van der Waals surface area contributed by atoms with Crippen molar-refractivity contribution < 1.29 is 4.42 Å². The molecule has 0 radical (unpaired) electrons. The highest BCUT2D eigenvalue weighted by Crippen LogP contribution is 2.34. The van der Waals surface area contributed by atoms with Crippen LogP contribution in [-0.2, 0) is 0 Å². The summed E-state index contributed by atoms with van der Waals surface area (Å²) in [4.78, 5) is 8.27. The fourth-order valence-electron chi connectivity index (χ4n) is 2.04. The second-order valence-corrected chi connectivity index (χ2v) is 4.44. The fraction of sp³-hybridized carbons (Fsp3) is 0. The Labute approximate surface area is 121 Å². The van der Waals surface area contributed by atoms with Gasteiger partial charge in [0.05, 0.1) is 0 Å². The topological polar surface area (TPSA) is 90.4 Å². The Kier molecular flexibility index (Phi) is 3.39. The van der Waals surface area contributed by atoms with Crippen molar-refractivity contribution in [2.45, 2.75) is 0 Å². The molecule has 2 aromatic carbocycles. The van der Waals surface area contributed by atoms with Gasteiger partial charge >= 0.3 is 6.01 Å². The molecule has 1 heterocycles. The van der Waals surface area contributed by atoms with Crippen molar-refractivity contribution in [1.82, 2.24) is 4.98 Å². The predicted octanol–water partition coefficient (Wildman–Crippen LogP) is 2.91. The van der Waals surface area contributed by atoms with Crippen LogP contribution in [0.3, 0.4) is 0 Å². The number of hydrogen-bond acceptors (Lipinski definition) is 3. The van der Waals surface area contributed by atoms with Crippen molar-refractivity contribution in [3.63, 3.8) is 0 Å². The Balaban J connectivity index is 2.18. The summed E-state index contributed by atoms with van der Waals surface area (Å²) in [7, 11) is 0. The number of nitrogens with two attached hydrogens (primary N) is 2. The summed E-state index contributed by atoms with van der Waals surface area (Å²) < 4.78 is 5.71. The van der Waals surface area contributed by atoms with Crippen molar-refractivity contribution in [3.8, 4) is 22.6 Å². The lowest BCUT2D eigenvalue weighted by molar-refractivity contribution is 0.583. The van der Waals surface area contributed by atoms with E-state index in [1.54, 1.807) is 0 Å². The summed E-state index contributed by atoms with van der Waals surface area (Å²) in [5, 5.41) is 0. The number of rotatable bonds is 3. The molecule has 0 fully saturated rings. The third-order valence-corrected chi connectivity index (χ3v) is 2.92. The number of hydrogen-bond donors (Lipinski definition) is 2. The number of guanidine groups is 1. The molecule has 3 aromatic rings. The van der Waals surface area contributed by atoms with Crippen molar-refractivity contribution in [1.29, 1.82) is 0 Å². The molecular formula is C16H14N4O. The molecule has 0 saturated carbocycles. The Morgan fingerprint density at radius 1 is 0.857 bits per heavy atom. The van der Waals surface area contributed by atoms with Gasteiger partial charge in [-0.05, 0) is 0 Å². The van der Waals surface area contributed by atoms with E-state index >= 15 is 0 Å². The average Bonchev–Trinajstić information content (AvgIpc) is 2.92. The molecule has 5 nitrogen and oxygen atoms in total. The van der Waals surface area contributed by atoms with Crippen LogP contribution >= 0.6 is 0 Å². The van der Waals surface area contributed by atoms with Crippen LogP contribution in [-0.4, -0.2) is 10.9 Å². The Morgan fingerprint density at radius 2 is 1.43 bits per heavy atom. The molecule has 0 aliphatic rings. The SMILES string of the molecule is NC(N)=Nc1nc(-c2ccccc2)c(-c2ccccc2)o1. The lowest BCUT2D eigenvalue weighted by atomic mass is 10.1. The number of aromatic nitrogens is 1. The van der Waals surface area contributed by atoms with Crippen LogP contribution in [0.2, 0.25) is 0 Å². The lowest BCUT2D eigenvalue weighted by Gasteiger charge is -2.00. The molecule has 0 unspecified atom stereocenters. The largest absolute Gasteiger partial charge is 0.421 e. The first-order valence-electron chi connectivity index (χ1n) is 6.45. The van der Waals surface area contributed by atoms with E-state index in [9.17, 15) is 0 Å². The summed E-state index contributed by atoms with van der Waals surface area (Å²) in [6, 6.07) is 19.6. The molecule has 0 aliphatic carbocycles. The van der Waals surface area contributed by atoms with Gasteiger partial charge in [-0.15, -0.1) is 0 Å². The highest BCUT2D eigenvalue weighted by molar-refractivity contribution is 5.80. The maximum atomic E-state index is 5.71. The third-order valence-electron chi connectivity index (χ3n) is 2.92. The zero-order valence-electron chi connectivity index (χ0n) is 11.2. The minimum atomic E-state index is -0.0875. The molecule has 3 rings (SSSR count). The van der Waals surface area contributed by atoms with Gasteiger partial charge in [0.15, 0.2) is 11.7 Å². The van der Waals surface area contributed by atoms with Crippen LogP contribution in [0.5, 0.6) is 0 Å². The first kappa shape index (κ1) is 12.9. The van der Waals surface area contributed by atoms with Crippen LogP contribution in [0.1, 0.15) is 0 Å². The van der Waals surface area contributed by atoms with Crippen LogP contribution in [0, 0.1) is 0 Å². The van der Waals surface area contributed by atoms with Gasteiger partial charge in [-0.3, -0.25) is 0 Å². The smallest absolute Gasteiger partial charge is 0.326 e. The van der Waals surface area contributed by atoms with Crippen molar-refractivity contribution in [2.24, 2.45) is 16.5 Å². The number of oxazole rings is 1. The lowest BCUT2D eigenvalue weighted by Crippen LogP contribution is -2.21. The first-order chi connectivity index (χ1) is 10.2. The zero-order valence-corrected chi connectivity index (χ0v) is 11.2. The van der Waals surface area contributed by atoms with Crippen LogP contribution in [0.15, 0.2) is 70.1 Å². The van der Waals surface area contributed by atoms with E-state index in [1.807, 2.05) is 60.7 Å². The molecule has 0 amide bonds. The second kappa shape index (κ2) is 5.50. The average molecular weight is 278 g/mol. The fourth-order valence-corrected chi connectivity index (χ4v) is 2.04. The maximum Gasteiger partial charge on any atom is 0.326 e. The molecule has 104 valence electrons. The van der Waals surface area contributed by atoms with Gasteiger partial charge in [-0.25, -0.2) is 0 Å². The summed E-state index contributed by atoms with van der Waals surface area (Å²) in [5.74, 6) is 0.553. The van der Waals surface area contributed by atoms with Crippen LogP contribution in [0.4, 0.5) is 6.01 Å². The third kappa shape index (κ3) is 2.76. The monoisotopic (exact) mass is 278 g/mol. The first-order valence-corrected chi connectivity index (χ1v) is 6.45. The highest BCUT2D eigenvalue weighted by Gasteiger charge is 2.16. The van der Waals surface area contributed by atoms with Gasteiger partial charge in [-0.1, -0.05) is 60.7 Å². The number of aliphatic imine (C=N–C) groups is 1. The molecule has 1 aromatic heterocycles. The van der Waals surface area contributed by atoms with Crippen LogP contribution in [0.25, 0.3) is 22.6 Å². The van der Waals surface area contributed by atoms with Crippen molar-refractivity contribution in [3.05, 3.63) is 60.7 Å². The van der Waals surface area contributed by atoms with E-state index in [2.05, 4.69) is 9.98 Å². The molecule has 0 atom stereocenters. The molecule has 0 spiro atoms. The molecule has 0 bridgehead atoms. The molecule has 4 N–H and O–H groups in total. The molecule has 0 saturated heterocycles. The van der Waals surface area contributed by atoms with Crippen molar-refractivity contribution >= 4 is 12.0 Å². The van der Waals surface area contributed by atoms with Crippen molar-refractivity contribution in [2.75, 3.05) is 0 Å². The second-order valence-electron chi connectivity index (χ2n) is 4.44. The van der Waals surface area contributed by atoms with Gasteiger partial charge in [0, 0.05) is 11.1 Å². The normalized spacial score (nSPS) is 10.3. The number of benzene rings is 2. The Morgan fingerprint density at radius 3 is 2.00 bits per heavy atom. The molecule has 21 heavy (non-hydrogen) atoms. The molecular weight excluding hydrogens is 264 g/mol. The Hall–Kier alpha value is -3.08. The van der Waals surface area contributed by atoms with Gasteiger partial charge in [0.25, 0.3) is 0 Å². The maximum absolute atomic E-state index is 5.71. The highest BCUT2D eigenvalue weighted by atomic mass is 16.4. The predicted molar refractivity (Wildman–Crippen MR) is 82.8 cm³/mol. The van der Waals surface area contributed by atoms with E-state index in [0.29, 0.717) is 11.5 Å².